The van der Waals surface area contributed by atoms with Crippen molar-refractivity contribution >= 4 is 27.9 Å². The molecule has 0 radical (unpaired) electrons. The second-order valence-corrected chi connectivity index (χ2v) is 6.97. The average molecular weight is 367 g/mol. The van der Waals surface area contributed by atoms with Crippen molar-refractivity contribution < 1.29 is 9.59 Å². The van der Waals surface area contributed by atoms with Gasteiger partial charge in [0.1, 0.15) is 4.32 Å². The van der Waals surface area contributed by atoms with Crippen LogP contribution >= 0.6 is 15.9 Å². The van der Waals surface area contributed by atoms with Gasteiger partial charge in [-0.25, -0.2) is 4.79 Å². The second-order valence-electron chi connectivity index (χ2n) is 5.45. The monoisotopic (exact) mass is 366 g/mol. The van der Waals surface area contributed by atoms with Crippen LogP contribution in [0.4, 0.5) is 4.79 Å². The first-order valence-corrected chi connectivity index (χ1v) is 8.19. The minimum absolute atomic E-state index is 0.375. The van der Waals surface area contributed by atoms with Gasteiger partial charge in [-0.15, -0.1) is 0 Å². The zero-order valence-corrected chi connectivity index (χ0v) is 15.3. The van der Waals surface area contributed by atoms with Crippen molar-refractivity contribution in [3.63, 3.8) is 0 Å². The standard InChI is InChI=1S/C7H13BrN2O2.C7H18N2/c1-3-7(8,4-2)5(11)10-6(9)12;1-3-4-5-6-7(2,8)9/h3-4H2,1-2H3,(H3,9,10,11,12);3-6,8-9H2,1-2H3. The van der Waals surface area contributed by atoms with E-state index >= 15 is 0 Å². The van der Waals surface area contributed by atoms with Crippen LogP contribution < -0.4 is 22.5 Å². The van der Waals surface area contributed by atoms with Crippen molar-refractivity contribution in [3.05, 3.63) is 0 Å². The molecule has 7 heteroatoms. The normalized spacial score (nSPS) is 11.4. The highest BCUT2D eigenvalue weighted by Gasteiger charge is 2.32. The molecule has 0 saturated heterocycles. The Morgan fingerprint density at radius 3 is 1.86 bits per heavy atom. The number of hydrogen-bond acceptors (Lipinski definition) is 4. The van der Waals surface area contributed by atoms with E-state index in [4.69, 9.17) is 17.2 Å². The quantitative estimate of drug-likeness (QED) is 0.313. The molecule has 0 fully saturated rings. The summed E-state index contributed by atoms with van der Waals surface area (Å²) < 4.78 is -0.665. The van der Waals surface area contributed by atoms with E-state index in [1.54, 1.807) is 0 Å². The summed E-state index contributed by atoms with van der Waals surface area (Å²) in [6.07, 6.45) is 5.78. The van der Waals surface area contributed by atoms with Crippen LogP contribution in [0.2, 0.25) is 0 Å². The summed E-state index contributed by atoms with van der Waals surface area (Å²) in [5.74, 6) is -0.375. The number of urea groups is 1. The third-order valence-corrected chi connectivity index (χ3v) is 4.57. The Morgan fingerprint density at radius 2 is 1.57 bits per heavy atom. The maximum atomic E-state index is 11.3. The van der Waals surface area contributed by atoms with E-state index in [-0.39, 0.29) is 5.91 Å². The lowest BCUT2D eigenvalue weighted by molar-refractivity contribution is -0.122. The van der Waals surface area contributed by atoms with Gasteiger partial charge in [0.25, 0.3) is 0 Å². The van der Waals surface area contributed by atoms with Crippen molar-refractivity contribution in [1.82, 2.24) is 5.32 Å². The van der Waals surface area contributed by atoms with Gasteiger partial charge in [0.2, 0.25) is 5.91 Å². The van der Waals surface area contributed by atoms with E-state index in [0.29, 0.717) is 12.8 Å². The number of amides is 3. The summed E-state index contributed by atoms with van der Waals surface area (Å²) in [5, 5.41) is 2.04. The summed E-state index contributed by atoms with van der Waals surface area (Å²) >= 11 is 3.26. The van der Waals surface area contributed by atoms with Gasteiger partial charge in [0, 0.05) is 0 Å². The van der Waals surface area contributed by atoms with E-state index in [1.165, 1.54) is 12.8 Å². The van der Waals surface area contributed by atoms with Gasteiger partial charge in [-0.1, -0.05) is 56.0 Å². The van der Waals surface area contributed by atoms with E-state index in [0.717, 1.165) is 12.8 Å². The van der Waals surface area contributed by atoms with Crippen molar-refractivity contribution in [1.29, 1.82) is 0 Å². The number of nitrogens with one attached hydrogen (secondary N) is 1. The number of halogens is 1. The molecule has 7 N–H and O–H groups in total. The van der Waals surface area contributed by atoms with Gasteiger partial charge < -0.3 is 17.2 Å². The van der Waals surface area contributed by atoms with Crippen LogP contribution in [-0.2, 0) is 4.79 Å². The summed E-state index contributed by atoms with van der Waals surface area (Å²) in [6, 6.07) is -0.814. The van der Waals surface area contributed by atoms with Crippen LogP contribution in [0.5, 0.6) is 0 Å². The van der Waals surface area contributed by atoms with E-state index in [9.17, 15) is 9.59 Å². The van der Waals surface area contributed by atoms with Crippen molar-refractivity contribution in [2.24, 2.45) is 17.2 Å². The molecule has 0 aromatic carbocycles. The molecule has 3 amide bonds. The number of carbonyl (C=O) groups excluding carboxylic acids is 2. The molecular weight excluding hydrogens is 336 g/mol. The first kappa shape index (κ1) is 22.6. The third-order valence-electron chi connectivity index (χ3n) is 3.08. The third kappa shape index (κ3) is 12.8. The second kappa shape index (κ2) is 11.0. The highest BCUT2D eigenvalue weighted by molar-refractivity contribution is 9.10. The molecular formula is C14H31BrN4O2. The van der Waals surface area contributed by atoms with Crippen LogP contribution in [-0.4, -0.2) is 21.9 Å². The fourth-order valence-corrected chi connectivity index (χ4v) is 1.65. The molecule has 0 spiro atoms. The van der Waals surface area contributed by atoms with E-state index in [1.807, 2.05) is 26.1 Å². The number of primary amides is 1. The fraction of sp³-hybridized carbons (Fsp3) is 0.857. The molecule has 0 aliphatic carbocycles. The number of alkyl halides is 1. The minimum Gasteiger partial charge on any atom is -0.351 e. The van der Waals surface area contributed by atoms with Gasteiger partial charge in [-0.2, -0.15) is 0 Å². The lowest BCUT2D eigenvalue weighted by Crippen LogP contribution is -2.46. The van der Waals surface area contributed by atoms with Crippen molar-refractivity contribution in [2.45, 2.75) is 76.2 Å². The number of imide groups is 1. The molecule has 0 rings (SSSR count). The number of rotatable bonds is 7. The lowest BCUT2D eigenvalue weighted by Gasteiger charge is -2.21. The Balaban J connectivity index is 0. The maximum Gasteiger partial charge on any atom is 0.318 e. The number of carbonyl (C=O) groups is 2. The molecule has 126 valence electrons. The predicted molar refractivity (Wildman–Crippen MR) is 90.9 cm³/mol. The largest absolute Gasteiger partial charge is 0.351 e. The molecule has 0 aromatic rings. The molecule has 0 aliphatic heterocycles. The smallest absolute Gasteiger partial charge is 0.318 e. The first-order valence-electron chi connectivity index (χ1n) is 7.40. The molecule has 0 aromatic heterocycles. The Morgan fingerprint density at radius 1 is 1.10 bits per heavy atom. The van der Waals surface area contributed by atoms with Crippen LogP contribution in [0, 0.1) is 0 Å². The van der Waals surface area contributed by atoms with Crippen molar-refractivity contribution in [3.8, 4) is 0 Å². The molecule has 0 saturated carbocycles. The SMILES string of the molecule is CCC(Br)(CC)C(=O)NC(N)=O.CCCCCC(C)(N)N. The minimum atomic E-state index is -0.814. The maximum absolute atomic E-state index is 11.3. The molecule has 6 nitrogen and oxygen atoms in total. The summed E-state index contributed by atoms with van der Waals surface area (Å²) in [7, 11) is 0. The molecule has 0 heterocycles. The van der Waals surface area contributed by atoms with Gasteiger partial charge >= 0.3 is 6.03 Å². The zero-order chi connectivity index (χ0) is 17.1. The summed E-state index contributed by atoms with van der Waals surface area (Å²) in [4.78, 5) is 21.6. The lowest BCUT2D eigenvalue weighted by atomic mass is 10.0. The number of nitrogens with two attached hydrogens (primary N) is 3. The Bertz CT molecular complexity index is 313. The first-order chi connectivity index (χ1) is 9.52. The molecule has 21 heavy (non-hydrogen) atoms. The molecule has 0 bridgehead atoms. The Kier molecular flexibility index (Phi) is 11.8. The van der Waals surface area contributed by atoms with Crippen LogP contribution in [0.3, 0.4) is 0 Å². The van der Waals surface area contributed by atoms with Crippen LogP contribution in [0.1, 0.15) is 66.2 Å². The number of hydrogen-bond donors (Lipinski definition) is 4. The molecule has 0 atom stereocenters. The Labute approximate surface area is 136 Å². The number of unbranched alkanes of at least 4 members (excludes halogenated alkanes) is 2. The van der Waals surface area contributed by atoms with Gasteiger partial charge in [0.15, 0.2) is 0 Å². The highest BCUT2D eigenvalue weighted by atomic mass is 79.9. The predicted octanol–water partition coefficient (Wildman–Crippen LogP) is 2.34. The summed E-state index contributed by atoms with van der Waals surface area (Å²) in [5.41, 5.74) is 15.5. The average Bonchev–Trinajstić information content (AvgIpc) is 2.36. The van der Waals surface area contributed by atoms with Gasteiger partial charge in [0.05, 0.1) is 5.66 Å². The zero-order valence-electron chi connectivity index (χ0n) is 13.7. The van der Waals surface area contributed by atoms with Crippen molar-refractivity contribution in [2.75, 3.05) is 0 Å². The van der Waals surface area contributed by atoms with E-state index in [2.05, 4.69) is 22.9 Å². The van der Waals surface area contributed by atoms with E-state index < -0.39 is 16.0 Å². The molecule has 0 aliphatic rings. The fourth-order valence-electron chi connectivity index (χ4n) is 1.55. The summed E-state index contributed by atoms with van der Waals surface area (Å²) in [6.45, 7) is 7.75. The molecule has 0 unspecified atom stereocenters. The van der Waals surface area contributed by atoms with Crippen LogP contribution in [0.15, 0.2) is 0 Å². The van der Waals surface area contributed by atoms with Gasteiger partial charge in [-0.05, 0) is 26.2 Å². The topological polar surface area (TPSA) is 124 Å². The Hall–Kier alpha value is -0.660. The highest BCUT2D eigenvalue weighted by Crippen LogP contribution is 2.26. The van der Waals surface area contributed by atoms with Gasteiger partial charge in [-0.3, -0.25) is 10.1 Å². The van der Waals surface area contributed by atoms with Crippen LogP contribution in [0.25, 0.3) is 0 Å².